The van der Waals surface area contributed by atoms with Crippen LogP contribution in [-0.2, 0) is 0 Å². The molecule has 0 radical (unpaired) electrons. The molecule has 2 heteroatoms. The molecule has 0 amide bonds. The van der Waals surface area contributed by atoms with Gasteiger partial charge in [0, 0.05) is 5.41 Å². The molecule has 2 nitrogen and oxygen atoms in total. The molecule has 0 aromatic carbocycles. The van der Waals surface area contributed by atoms with E-state index in [4.69, 9.17) is 0 Å². The summed E-state index contributed by atoms with van der Waals surface area (Å²) in [5.41, 5.74) is -0.0289. The lowest BCUT2D eigenvalue weighted by Crippen LogP contribution is -2.17. The molecule has 60 valence electrons. The highest BCUT2D eigenvalue weighted by Crippen LogP contribution is 2.43. The zero-order valence-corrected chi connectivity index (χ0v) is 6.27. The van der Waals surface area contributed by atoms with Crippen molar-refractivity contribution in [3.63, 3.8) is 0 Å². The van der Waals surface area contributed by atoms with E-state index in [1.165, 1.54) is 0 Å². The molecule has 2 unspecified atom stereocenters. The Balaban J connectivity index is 2.20. The van der Waals surface area contributed by atoms with Crippen molar-refractivity contribution in [1.82, 2.24) is 0 Å². The second kappa shape index (κ2) is 2.19. The van der Waals surface area contributed by atoms with E-state index in [0.29, 0.717) is 12.8 Å². The molecule has 0 aromatic heterocycles. The molecule has 1 spiro atoms. The summed E-state index contributed by atoms with van der Waals surface area (Å²) in [6.07, 6.45) is 8.33. The van der Waals surface area contributed by atoms with Crippen molar-refractivity contribution < 1.29 is 10.2 Å². The number of hydrogen-bond donors (Lipinski definition) is 2. The van der Waals surface area contributed by atoms with E-state index >= 15 is 0 Å². The fourth-order valence-corrected chi connectivity index (χ4v) is 1.96. The average Bonchev–Trinajstić information content (AvgIpc) is 2.46. The van der Waals surface area contributed by atoms with Crippen LogP contribution in [0.1, 0.15) is 12.8 Å². The predicted octanol–water partition coefficient (Wildman–Crippen LogP) is 0.614. The van der Waals surface area contributed by atoms with Crippen molar-refractivity contribution >= 4 is 0 Å². The van der Waals surface area contributed by atoms with Crippen molar-refractivity contribution in [1.29, 1.82) is 0 Å². The maximum absolute atomic E-state index is 9.31. The van der Waals surface area contributed by atoms with Crippen molar-refractivity contribution in [3.05, 3.63) is 24.3 Å². The third kappa shape index (κ3) is 1.03. The van der Waals surface area contributed by atoms with E-state index in [1.54, 1.807) is 0 Å². The van der Waals surface area contributed by atoms with Gasteiger partial charge in [0.15, 0.2) is 0 Å². The maximum atomic E-state index is 9.31. The molecule has 2 rings (SSSR count). The van der Waals surface area contributed by atoms with Crippen LogP contribution in [0.15, 0.2) is 24.3 Å². The molecule has 11 heavy (non-hydrogen) atoms. The summed E-state index contributed by atoms with van der Waals surface area (Å²) in [5.74, 6) is 0. The van der Waals surface area contributed by atoms with Gasteiger partial charge in [0.05, 0.1) is 12.2 Å². The minimum absolute atomic E-state index is 0.0289. The van der Waals surface area contributed by atoms with E-state index in [1.807, 2.05) is 12.2 Å². The lowest BCUT2D eigenvalue weighted by molar-refractivity contribution is 0.0438. The summed E-state index contributed by atoms with van der Waals surface area (Å²) in [5, 5.41) is 18.6. The van der Waals surface area contributed by atoms with Gasteiger partial charge < -0.3 is 10.2 Å². The first kappa shape index (κ1) is 7.07. The van der Waals surface area contributed by atoms with Gasteiger partial charge in [-0.3, -0.25) is 0 Å². The normalized spacial score (nSPS) is 39.1. The Kier molecular flexibility index (Phi) is 1.41. The highest BCUT2D eigenvalue weighted by molar-refractivity contribution is 5.27. The van der Waals surface area contributed by atoms with Gasteiger partial charge in [-0.25, -0.2) is 0 Å². The summed E-state index contributed by atoms with van der Waals surface area (Å²) < 4.78 is 0. The van der Waals surface area contributed by atoms with Crippen LogP contribution in [0.3, 0.4) is 0 Å². The first-order valence-corrected chi connectivity index (χ1v) is 3.95. The summed E-state index contributed by atoms with van der Waals surface area (Å²) >= 11 is 0. The van der Waals surface area contributed by atoms with Crippen LogP contribution in [0, 0.1) is 5.41 Å². The average molecular weight is 152 g/mol. The van der Waals surface area contributed by atoms with E-state index in [-0.39, 0.29) is 5.41 Å². The third-order valence-corrected chi connectivity index (χ3v) is 2.59. The molecule has 0 saturated heterocycles. The zero-order valence-electron chi connectivity index (χ0n) is 6.27. The fraction of sp³-hybridized carbons (Fsp3) is 0.556. The molecular weight excluding hydrogens is 140 g/mol. The van der Waals surface area contributed by atoms with Crippen LogP contribution in [0.25, 0.3) is 0 Å². The second-order valence-electron chi connectivity index (χ2n) is 3.49. The lowest BCUT2D eigenvalue weighted by atomic mass is 9.88. The van der Waals surface area contributed by atoms with E-state index in [2.05, 4.69) is 12.2 Å². The minimum atomic E-state index is -0.539. The number of hydrogen-bond acceptors (Lipinski definition) is 2. The van der Waals surface area contributed by atoms with Gasteiger partial charge in [-0.05, 0) is 12.8 Å². The van der Waals surface area contributed by atoms with Crippen LogP contribution in [0.2, 0.25) is 0 Å². The van der Waals surface area contributed by atoms with Crippen molar-refractivity contribution in [2.45, 2.75) is 25.0 Å². The number of aliphatic hydroxyl groups is 2. The number of rotatable bonds is 0. The highest BCUT2D eigenvalue weighted by atomic mass is 16.3. The quantitative estimate of drug-likeness (QED) is 0.534. The van der Waals surface area contributed by atoms with Gasteiger partial charge in [-0.1, -0.05) is 24.3 Å². The zero-order chi connectivity index (χ0) is 7.90. The van der Waals surface area contributed by atoms with E-state index < -0.39 is 12.2 Å². The molecule has 0 aliphatic heterocycles. The summed E-state index contributed by atoms with van der Waals surface area (Å²) in [6, 6.07) is 0. The molecule has 1 fully saturated rings. The summed E-state index contributed by atoms with van der Waals surface area (Å²) in [7, 11) is 0. The Morgan fingerprint density at radius 3 is 1.91 bits per heavy atom. The van der Waals surface area contributed by atoms with Crippen molar-refractivity contribution in [2.24, 2.45) is 5.41 Å². The smallest absolute Gasteiger partial charge is 0.0810 e. The first-order chi connectivity index (χ1) is 5.22. The van der Waals surface area contributed by atoms with Gasteiger partial charge in [-0.2, -0.15) is 0 Å². The van der Waals surface area contributed by atoms with Crippen molar-refractivity contribution in [3.8, 4) is 0 Å². The Morgan fingerprint density at radius 1 is 1.00 bits per heavy atom. The van der Waals surface area contributed by atoms with Crippen LogP contribution >= 0.6 is 0 Å². The molecule has 2 atom stereocenters. The van der Waals surface area contributed by atoms with Gasteiger partial charge in [0.1, 0.15) is 0 Å². The monoisotopic (exact) mass is 152 g/mol. The van der Waals surface area contributed by atoms with Crippen LogP contribution < -0.4 is 0 Å². The molecule has 0 heterocycles. The minimum Gasteiger partial charge on any atom is -0.390 e. The predicted molar refractivity (Wildman–Crippen MR) is 42.0 cm³/mol. The largest absolute Gasteiger partial charge is 0.390 e. The molecule has 2 aliphatic rings. The number of aliphatic hydroxyl groups excluding tert-OH is 2. The lowest BCUT2D eigenvalue weighted by Gasteiger charge is -2.16. The van der Waals surface area contributed by atoms with E-state index in [9.17, 15) is 10.2 Å². The van der Waals surface area contributed by atoms with Gasteiger partial charge in [-0.15, -0.1) is 0 Å². The van der Waals surface area contributed by atoms with Gasteiger partial charge in [0.25, 0.3) is 0 Å². The topological polar surface area (TPSA) is 40.5 Å². The van der Waals surface area contributed by atoms with E-state index in [0.717, 1.165) is 0 Å². The van der Waals surface area contributed by atoms with Crippen LogP contribution in [-0.4, -0.2) is 22.4 Å². The molecular formula is C9H12O2. The third-order valence-electron chi connectivity index (χ3n) is 2.59. The molecule has 0 aromatic rings. The molecule has 0 bridgehead atoms. The SMILES string of the molecule is OC1CC2(C=CC=C2)CC1O. The van der Waals surface area contributed by atoms with Crippen LogP contribution in [0.5, 0.6) is 0 Å². The maximum Gasteiger partial charge on any atom is 0.0810 e. The molecule has 2 N–H and O–H groups in total. The Bertz CT molecular complexity index is 194. The summed E-state index contributed by atoms with van der Waals surface area (Å²) in [6.45, 7) is 0. The Hall–Kier alpha value is -0.600. The molecule has 1 saturated carbocycles. The van der Waals surface area contributed by atoms with Crippen molar-refractivity contribution in [2.75, 3.05) is 0 Å². The summed E-state index contributed by atoms with van der Waals surface area (Å²) in [4.78, 5) is 0. The second-order valence-corrected chi connectivity index (χ2v) is 3.49. The fourth-order valence-electron chi connectivity index (χ4n) is 1.96. The van der Waals surface area contributed by atoms with Crippen LogP contribution in [0.4, 0.5) is 0 Å². The Labute approximate surface area is 65.9 Å². The van der Waals surface area contributed by atoms with Gasteiger partial charge in [0.2, 0.25) is 0 Å². The molecule has 2 aliphatic carbocycles. The standard InChI is InChI=1S/C9H12O2/c10-7-5-9(6-8(7)11)3-1-2-4-9/h1-4,7-8,10-11H,5-6H2. The highest BCUT2D eigenvalue weighted by Gasteiger charge is 2.41. The van der Waals surface area contributed by atoms with Gasteiger partial charge >= 0.3 is 0 Å². The Morgan fingerprint density at radius 2 is 1.45 bits per heavy atom. The number of allylic oxidation sites excluding steroid dienone is 4. The first-order valence-electron chi connectivity index (χ1n) is 3.95.